The lowest BCUT2D eigenvalue weighted by molar-refractivity contribution is -0.123. The zero-order chi connectivity index (χ0) is 22.5. The number of rotatable bonds is 9. The third kappa shape index (κ3) is 5.49. The molecule has 0 unspecified atom stereocenters. The molecule has 2 aliphatic rings. The van der Waals surface area contributed by atoms with Crippen molar-refractivity contribution in [3.8, 4) is 11.5 Å². The van der Waals surface area contributed by atoms with Crippen LogP contribution in [0.25, 0.3) is 6.08 Å². The number of hydrogen-bond acceptors (Lipinski definition) is 6. The first-order valence-corrected chi connectivity index (χ1v) is 11.7. The van der Waals surface area contributed by atoms with Gasteiger partial charge < -0.3 is 14.8 Å². The van der Waals surface area contributed by atoms with Crippen molar-refractivity contribution in [2.75, 3.05) is 20.3 Å². The van der Waals surface area contributed by atoms with Crippen molar-refractivity contribution in [2.24, 2.45) is 0 Å². The SMILES string of the molecule is COc1cc(C=C2SC(=S)N(C3CC3)C2=O)ccc1OCC(=O)NCCc1ccccc1. The molecule has 166 valence electrons. The van der Waals surface area contributed by atoms with Crippen LogP contribution >= 0.6 is 24.0 Å². The molecule has 2 fully saturated rings. The van der Waals surface area contributed by atoms with Crippen LogP contribution in [0.5, 0.6) is 11.5 Å². The fraction of sp³-hybridized carbons (Fsp3) is 0.292. The number of carbonyl (C=O) groups excluding carboxylic acids is 2. The summed E-state index contributed by atoms with van der Waals surface area (Å²) in [4.78, 5) is 27.1. The molecule has 1 N–H and O–H groups in total. The van der Waals surface area contributed by atoms with E-state index in [0.29, 0.717) is 27.3 Å². The van der Waals surface area contributed by atoms with E-state index in [0.717, 1.165) is 24.8 Å². The molecule has 1 saturated carbocycles. The fourth-order valence-electron chi connectivity index (χ4n) is 3.36. The molecule has 1 saturated heterocycles. The minimum absolute atomic E-state index is 0.0334. The highest BCUT2D eigenvalue weighted by Crippen LogP contribution is 2.40. The molecule has 1 aliphatic carbocycles. The minimum atomic E-state index is -0.198. The number of nitrogens with zero attached hydrogens (tertiary/aromatic N) is 1. The molecule has 6 nitrogen and oxygen atoms in total. The maximum absolute atomic E-state index is 12.6. The average molecular weight is 469 g/mol. The third-order valence-electron chi connectivity index (χ3n) is 5.16. The van der Waals surface area contributed by atoms with E-state index < -0.39 is 0 Å². The Labute approximate surface area is 197 Å². The predicted molar refractivity (Wildman–Crippen MR) is 130 cm³/mol. The highest BCUT2D eigenvalue weighted by atomic mass is 32.2. The molecule has 0 spiro atoms. The van der Waals surface area contributed by atoms with Gasteiger partial charge in [0.2, 0.25) is 0 Å². The Morgan fingerprint density at radius 1 is 1.22 bits per heavy atom. The second kappa shape index (κ2) is 10.2. The van der Waals surface area contributed by atoms with Gasteiger partial charge >= 0.3 is 0 Å². The number of thioether (sulfide) groups is 1. The van der Waals surface area contributed by atoms with Crippen LogP contribution in [0.4, 0.5) is 0 Å². The standard InChI is InChI=1S/C24H24N2O4S2/c1-29-20-13-17(14-21-23(28)26(18-8-9-18)24(31)32-21)7-10-19(20)30-15-22(27)25-12-11-16-5-3-2-4-6-16/h2-7,10,13-14,18H,8-9,11-12,15H2,1H3,(H,25,27). The third-order valence-corrected chi connectivity index (χ3v) is 6.49. The monoisotopic (exact) mass is 468 g/mol. The van der Waals surface area contributed by atoms with Gasteiger partial charge in [0.1, 0.15) is 4.32 Å². The van der Waals surface area contributed by atoms with Crippen LogP contribution in [0.1, 0.15) is 24.0 Å². The summed E-state index contributed by atoms with van der Waals surface area (Å²) in [5.41, 5.74) is 1.97. The van der Waals surface area contributed by atoms with Crippen LogP contribution in [0, 0.1) is 0 Å². The van der Waals surface area contributed by atoms with Gasteiger partial charge in [-0.1, -0.05) is 60.4 Å². The van der Waals surface area contributed by atoms with E-state index in [1.54, 1.807) is 24.1 Å². The lowest BCUT2D eigenvalue weighted by Crippen LogP contribution is -2.30. The van der Waals surface area contributed by atoms with Gasteiger partial charge in [-0.25, -0.2) is 0 Å². The molecule has 32 heavy (non-hydrogen) atoms. The Morgan fingerprint density at radius 3 is 2.72 bits per heavy atom. The van der Waals surface area contributed by atoms with Crippen LogP contribution in [0.2, 0.25) is 0 Å². The molecule has 2 aromatic carbocycles. The number of amides is 2. The predicted octanol–water partition coefficient (Wildman–Crippen LogP) is 3.80. The first-order chi connectivity index (χ1) is 15.5. The van der Waals surface area contributed by atoms with E-state index in [1.165, 1.54) is 17.3 Å². The van der Waals surface area contributed by atoms with E-state index >= 15 is 0 Å². The largest absolute Gasteiger partial charge is 0.493 e. The van der Waals surface area contributed by atoms with Gasteiger partial charge in [-0.05, 0) is 48.6 Å². The van der Waals surface area contributed by atoms with Crippen LogP contribution in [-0.2, 0) is 16.0 Å². The second-order valence-electron chi connectivity index (χ2n) is 7.57. The molecule has 8 heteroatoms. The van der Waals surface area contributed by atoms with Crippen LogP contribution in [-0.4, -0.2) is 47.3 Å². The molecule has 0 aromatic heterocycles. The van der Waals surface area contributed by atoms with Crippen molar-refractivity contribution in [1.82, 2.24) is 10.2 Å². The Balaban J connectivity index is 1.33. The number of ether oxygens (including phenoxy) is 2. The first-order valence-electron chi connectivity index (χ1n) is 10.4. The van der Waals surface area contributed by atoms with Gasteiger partial charge in [0.25, 0.3) is 11.8 Å². The summed E-state index contributed by atoms with van der Waals surface area (Å²) in [6, 6.07) is 15.6. The van der Waals surface area contributed by atoms with Gasteiger partial charge in [-0.3, -0.25) is 14.5 Å². The van der Waals surface area contributed by atoms with Crippen LogP contribution in [0.15, 0.2) is 53.4 Å². The van der Waals surface area contributed by atoms with Gasteiger partial charge in [0, 0.05) is 12.6 Å². The van der Waals surface area contributed by atoms with Gasteiger partial charge in [-0.2, -0.15) is 0 Å². The molecule has 1 aliphatic heterocycles. The first kappa shape index (κ1) is 22.4. The van der Waals surface area contributed by atoms with E-state index in [1.807, 2.05) is 42.5 Å². The molecular weight excluding hydrogens is 444 g/mol. The quantitative estimate of drug-likeness (QED) is 0.446. The molecular formula is C24H24N2O4S2. The van der Waals surface area contributed by atoms with Gasteiger partial charge in [-0.15, -0.1) is 0 Å². The van der Waals surface area contributed by atoms with Crippen molar-refractivity contribution in [3.63, 3.8) is 0 Å². The Morgan fingerprint density at radius 2 is 2.00 bits per heavy atom. The summed E-state index contributed by atoms with van der Waals surface area (Å²) in [7, 11) is 1.54. The summed E-state index contributed by atoms with van der Waals surface area (Å²) >= 11 is 6.68. The van der Waals surface area contributed by atoms with E-state index in [2.05, 4.69) is 5.32 Å². The highest BCUT2D eigenvalue weighted by Gasteiger charge is 2.41. The molecule has 0 bridgehead atoms. The molecule has 1 heterocycles. The smallest absolute Gasteiger partial charge is 0.266 e. The van der Waals surface area contributed by atoms with Crippen molar-refractivity contribution in [1.29, 1.82) is 0 Å². The average Bonchev–Trinajstić information content (AvgIpc) is 3.59. The van der Waals surface area contributed by atoms with E-state index in [9.17, 15) is 9.59 Å². The molecule has 2 amide bonds. The lowest BCUT2D eigenvalue weighted by Gasteiger charge is -2.12. The topological polar surface area (TPSA) is 67.9 Å². The Kier molecular flexibility index (Phi) is 7.12. The van der Waals surface area contributed by atoms with Gasteiger partial charge in [0.15, 0.2) is 18.1 Å². The molecule has 2 aromatic rings. The summed E-state index contributed by atoms with van der Waals surface area (Å²) in [6.07, 6.45) is 4.60. The van der Waals surface area contributed by atoms with Crippen molar-refractivity contribution in [2.45, 2.75) is 25.3 Å². The minimum Gasteiger partial charge on any atom is -0.493 e. The number of hydrogen-bond donors (Lipinski definition) is 1. The number of methoxy groups -OCH3 is 1. The lowest BCUT2D eigenvalue weighted by atomic mass is 10.1. The Hall–Kier alpha value is -2.84. The summed E-state index contributed by atoms with van der Waals surface area (Å²) < 4.78 is 11.7. The van der Waals surface area contributed by atoms with Crippen molar-refractivity contribution in [3.05, 3.63) is 64.6 Å². The number of thiocarbonyl (C=S) groups is 1. The summed E-state index contributed by atoms with van der Waals surface area (Å²) in [5, 5.41) is 2.85. The summed E-state index contributed by atoms with van der Waals surface area (Å²) in [6.45, 7) is 0.436. The zero-order valence-electron chi connectivity index (χ0n) is 17.7. The highest BCUT2D eigenvalue weighted by molar-refractivity contribution is 8.26. The number of benzene rings is 2. The second-order valence-corrected chi connectivity index (χ2v) is 9.24. The van der Waals surface area contributed by atoms with Crippen LogP contribution in [0.3, 0.4) is 0 Å². The zero-order valence-corrected chi connectivity index (χ0v) is 19.3. The fourth-order valence-corrected chi connectivity index (χ4v) is 4.76. The number of nitrogens with one attached hydrogen (secondary N) is 1. The van der Waals surface area contributed by atoms with E-state index in [-0.39, 0.29) is 24.5 Å². The van der Waals surface area contributed by atoms with E-state index in [4.69, 9.17) is 21.7 Å². The van der Waals surface area contributed by atoms with Gasteiger partial charge in [0.05, 0.1) is 12.0 Å². The molecule has 4 rings (SSSR count). The van der Waals surface area contributed by atoms with Crippen molar-refractivity contribution < 1.29 is 19.1 Å². The summed E-state index contributed by atoms with van der Waals surface area (Å²) in [5.74, 6) is 0.728. The van der Waals surface area contributed by atoms with Crippen molar-refractivity contribution >= 4 is 46.2 Å². The van der Waals surface area contributed by atoms with Crippen LogP contribution < -0.4 is 14.8 Å². The maximum atomic E-state index is 12.6. The number of carbonyl (C=O) groups is 2. The molecule has 0 atom stereocenters. The molecule has 0 radical (unpaired) electrons. The normalized spacial score (nSPS) is 17.0. The Bertz CT molecular complexity index is 1050. The maximum Gasteiger partial charge on any atom is 0.266 e.